The van der Waals surface area contributed by atoms with Crippen LogP contribution in [0.15, 0.2) is 18.2 Å². The summed E-state index contributed by atoms with van der Waals surface area (Å²) in [6, 6.07) is 4.68. The molecule has 8 nitrogen and oxygen atoms in total. The van der Waals surface area contributed by atoms with Gasteiger partial charge in [0.05, 0.1) is 20.5 Å². The highest BCUT2D eigenvalue weighted by molar-refractivity contribution is 7.88. The molecule has 0 radical (unpaired) electrons. The molecule has 1 aromatic rings. The van der Waals surface area contributed by atoms with Gasteiger partial charge in [-0.2, -0.15) is 4.31 Å². The first kappa shape index (κ1) is 20.5. The third kappa shape index (κ3) is 4.87. The summed E-state index contributed by atoms with van der Waals surface area (Å²) < 4.78 is 35.6. The van der Waals surface area contributed by atoms with E-state index < -0.39 is 10.0 Å². The zero-order chi connectivity index (χ0) is 19.5. The molecule has 9 heteroatoms. The van der Waals surface area contributed by atoms with Crippen LogP contribution in [0.25, 0.3) is 0 Å². The minimum Gasteiger partial charge on any atom is -0.493 e. The van der Waals surface area contributed by atoms with E-state index in [0.717, 1.165) is 0 Å². The lowest BCUT2D eigenvalue weighted by molar-refractivity contribution is 0.0927. The van der Waals surface area contributed by atoms with Crippen molar-refractivity contribution >= 4 is 15.9 Å². The van der Waals surface area contributed by atoms with Crippen molar-refractivity contribution in [3.05, 3.63) is 23.8 Å². The van der Waals surface area contributed by atoms with Crippen LogP contribution in [0.1, 0.15) is 10.4 Å². The number of rotatable bonds is 7. The van der Waals surface area contributed by atoms with Gasteiger partial charge in [-0.25, -0.2) is 8.42 Å². The monoisotopic (exact) mass is 385 g/mol. The minimum atomic E-state index is -3.30. The average Bonchev–Trinajstić information content (AvgIpc) is 2.96. The van der Waals surface area contributed by atoms with E-state index in [4.69, 9.17) is 9.47 Å². The standard InChI is InChI=1S/C17H27N3O5S/c1-19(2)9-13-10-20(26(5,22)23)11-14(13)18-17(21)12-6-7-15(24-3)16(8-12)25-4/h6-8,13-14H,9-11H2,1-5H3,(H,18,21)/t13-,14-/m1/s1. The third-order valence-corrected chi connectivity index (χ3v) is 5.67. The molecule has 1 aromatic carbocycles. The Kier molecular flexibility index (Phi) is 6.48. The van der Waals surface area contributed by atoms with Crippen molar-refractivity contribution < 1.29 is 22.7 Å². The Morgan fingerprint density at radius 3 is 2.42 bits per heavy atom. The summed E-state index contributed by atoms with van der Waals surface area (Å²) in [5.41, 5.74) is 0.434. The van der Waals surface area contributed by atoms with Gasteiger partial charge >= 0.3 is 0 Å². The van der Waals surface area contributed by atoms with Gasteiger partial charge in [-0.1, -0.05) is 0 Å². The molecule has 1 N–H and O–H groups in total. The number of ether oxygens (including phenoxy) is 2. The largest absolute Gasteiger partial charge is 0.493 e. The summed E-state index contributed by atoms with van der Waals surface area (Å²) in [5, 5.41) is 2.97. The lowest BCUT2D eigenvalue weighted by Gasteiger charge is -2.23. The highest BCUT2D eigenvalue weighted by atomic mass is 32.2. The van der Waals surface area contributed by atoms with Crippen LogP contribution >= 0.6 is 0 Å². The topological polar surface area (TPSA) is 88.2 Å². The van der Waals surface area contributed by atoms with Crippen LogP contribution in [0.2, 0.25) is 0 Å². The number of carbonyl (C=O) groups excluding carboxylic acids is 1. The summed E-state index contributed by atoms with van der Waals surface area (Å²) in [4.78, 5) is 14.7. The maximum Gasteiger partial charge on any atom is 0.251 e. The molecule has 0 spiro atoms. The smallest absolute Gasteiger partial charge is 0.251 e. The third-order valence-electron chi connectivity index (χ3n) is 4.44. The number of carbonyl (C=O) groups is 1. The summed E-state index contributed by atoms with van der Waals surface area (Å²) >= 11 is 0. The molecule has 1 aliphatic heterocycles. The summed E-state index contributed by atoms with van der Waals surface area (Å²) in [5.74, 6) is 0.756. The Morgan fingerprint density at radius 2 is 1.88 bits per heavy atom. The van der Waals surface area contributed by atoms with Crippen molar-refractivity contribution in [2.45, 2.75) is 6.04 Å². The number of nitrogens with zero attached hydrogens (tertiary/aromatic N) is 2. The molecule has 0 bridgehead atoms. The number of hydrogen-bond acceptors (Lipinski definition) is 6. The Balaban J connectivity index is 2.17. The van der Waals surface area contributed by atoms with Crippen molar-refractivity contribution in [3.63, 3.8) is 0 Å². The Labute approximate surface area is 155 Å². The van der Waals surface area contributed by atoms with E-state index in [1.54, 1.807) is 18.2 Å². The molecule has 1 saturated heterocycles. The molecule has 0 unspecified atom stereocenters. The van der Waals surface area contributed by atoms with Gasteiger partial charge in [0.25, 0.3) is 5.91 Å². The van der Waals surface area contributed by atoms with Crippen molar-refractivity contribution in [3.8, 4) is 11.5 Å². The maximum atomic E-state index is 12.7. The first-order valence-electron chi connectivity index (χ1n) is 8.28. The first-order chi connectivity index (χ1) is 12.2. The summed E-state index contributed by atoms with van der Waals surface area (Å²) in [6.07, 6.45) is 1.19. The van der Waals surface area contributed by atoms with Gasteiger partial charge in [0.1, 0.15) is 0 Å². The maximum absolute atomic E-state index is 12.7. The lowest BCUT2D eigenvalue weighted by Crippen LogP contribution is -2.43. The number of sulfonamides is 1. The van der Waals surface area contributed by atoms with Crippen LogP contribution in [-0.4, -0.2) is 83.8 Å². The van der Waals surface area contributed by atoms with Crippen LogP contribution in [0.3, 0.4) is 0 Å². The van der Waals surface area contributed by atoms with Gasteiger partial charge in [0, 0.05) is 37.2 Å². The number of amides is 1. The van der Waals surface area contributed by atoms with Gasteiger partial charge in [-0.3, -0.25) is 4.79 Å². The minimum absolute atomic E-state index is 0.0174. The SMILES string of the molecule is COc1ccc(C(=O)N[C@@H]2CN(S(C)(=O)=O)C[C@H]2CN(C)C)cc1OC. The predicted octanol–water partition coefficient (Wildman–Crippen LogP) is 0.255. The zero-order valence-electron chi connectivity index (χ0n) is 15.9. The number of methoxy groups -OCH3 is 2. The van der Waals surface area contributed by atoms with Crippen molar-refractivity contribution in [1.82, 2.24) is 14.5 Å². The van der Waals surface area contributed by atoms with Crippen molar-refractivity contribution in [2.75, 3.05) is 54.2 Å². The van der Waals surface area contributed by atoms with E-state index in [9.17, 15) is 13.2 Å². The van der Waals surface area contributed by atoms with E-state index in [2.05, 4.69) is 5.32 Å². The molecule has 2 atom stereocenters. The summed E-state index contributed by atoms with van der Waals surface area (Å²) in [6.45, 7) is 1.35. The van der Waals surface area contributed by atoms with Gasteiger partial charge in [0.15, 0.2) is 11.5 Å². The molecule has 1 aliphatic rings. The normalized spacial score (nSPS) is 21.0. The van der Waals surface area contributed by atoms with Crippen LogP contribution in [0, 0.1) is 5.92 Å². The molecule has 0 aliphatic carbocycles. The fourth-order valence-corrected chi connectivity index (χ4v) is 4.04. The number of hydrogen-bond donors (Lipinski definition) is 1. The molecule has 0 aromatic heterocycles. The highest BCUT2D eigenvalue weighted by Crippen LogP contribution is 2.28. The second-order valence-corrected chi connectivity index (χ2v) is 8.73. The molecule has 2 rings (SSSR count). The van der Waals surface area contributed by atoms with E-state index in [0.29, 0.717) is 30.2 Å². The molecule has 1 fully saturated rings. The molecule has 26 heavy (non-hydrogen) atoms. The van der Waals surface area contributed by atoms with Gasteiger partial charge < -0.3 is 19.7 Å². The molecular formula is C17H27N3O5S. The fourth-order valence-electron chi connectivity index (χ4n) is 3.15. The van der Waals surface area contributed by atoms with Crippen LogP contribution in [0.4, 0.5) is 0 Å². The number of benzene rings is 1. The molecular weight excluding hydrogens is 358 g/mol. The van der Waals surface area contributed by atoms with E-state index in [1.807, 2.05) is 19.0 Å². The van der Waals surface area contributed by atoms with Gasteiger partial charge in [-0.05, 0) is 32.3 Å². The molecule has 1 heterocycles. The fraction of sp³-hybridized carbons (Fsp3) is 0.588. The van der Waals surface area contributed by atoms with Crippen LogP contribution in [0.5, 0.6) is 11.5 Å². The van der Waals surface area contributed by atoms with Crippen LogP contribution < -0.4 is 14.8 Å². The Morgan fingerprint density at radius 1 is 1.23 bits per heavy atom. The predicted molar refractivity (Wildman–Crippen MR) is 99.3 cm³/mol. The van der Waals surface area contributed by atoms with Crippen LogP contribution in [-0.2, 0) is 10.0 Å². The molecule has 0 saturated carbocycles. The molecule has 146 valence electrons. The first-order valence-corrected chi connectivity index (χ1v) is 10.1. The van der Waals surface area contributed by atoms with Gasteiger partial charge in [0.2, 0.25) is 10.0 Å². The van der Waals surface area contributed by atoms with E-state index in [1.165, 1.54) is 24.8 Å². The number of nitrogens with one attached hydrogen (secondary N) is 1. The Hall–Kier alpha value is -1.84. The summed E-state index contributed by atoms with van der Waals surface area (Å²) in [7, 11) is 3.59. The Bertz CT molecular complexity index is 751. The lowest BCUT2D eigenvalue weighted by atomic mass is 10.0. The second kappa shape index (κ2) is 8.24. The zero-order valence-corrected chi connectivity index (χ0v) is 16.7. The second-order valence-electron chi connectivity index (χ2n) is 6.75. The molecule has 1 amide bonds. The quantitative estimate of drug-likeness (QED) is 0.724. The average molecular weight is 385 g/mol. The van der Waals surface area contributed by atoms with E-state index in [-0.39, 0.29) is 24.4 Å². The highest BCUT2D eigenvalue weighted by Gasteiger charge is 2.38. The van der Waals surface area contributed by atoms with Gasteiger partial charge in [-0.15, -0.1) is 0 Å². The van der Waals surface area contributed by atoms with Crippen molar-refractivity contribution in [2.24, 2.45) is 5.92 Å². The van der Waals surface area contributed by atoms with Crippen molar-refractivity contribution in [1.29, 1.82) is 0 Å². The van der Waals surface area contributed by atoms with E-state index >= 15 is 0 Å².